The second-order valence-corrected chi connectivity index (χ2v) is 6.69. The zero-order valence-electron chi connectivity index (χ0n) is 15.2. The Bertz CT molecular complexity index is 1280. The van der Waals surface area contributed by atoms with Gasteiger partial charge in [0, 0.05) is 31.2 Å². The molecule has 0 radical (unpaired) electrons. The lowest BCUT2D eigenvalue weighted by Gasteiger charge is -2.16. The number of hydrogen-bond donors (Lipinski definition) is 0. The van der Waals surface area contributed by atoms with E-state index in [9.17, 15) is 9.59 Å². The summed E-state index contributed by atoms with van der Waals surface area (Å²) in [5.74, 6) is -0.732. The van der Waals surface area contributed by atoms with E-state index < -0.39 is 0 Å². The molecule has 7 heteroatoms. The molecule has 4 aromatic rings. The molecule has 1 aliphatic rings. The monoisotopic (exact) mass is 369 g/mol. The molecule has 3 aromatic heterocycles. The molecule has 5 rings (SSSR count). The van der Waals surface area contributed by atoms with Crippen LogP contribution in [0.15, 0.2) is 55.0 Å². The Hall–Kier alpha value is -3.87. The predicted octanol–water partition coefficient (Wildman–Crippen LogP) is 3.14. The summed E-state index contributed by atoms with van der Waals surface area (Å²) in [6.07, 6.45) is 4.82. The van der Waals surface area contributed by atoms with Crippen LogP contribution in [0.2, 0.25) is 0 Å². The van der Waals surface area contributed by atoms with Crippen LogP contribution in [-0.4, -0.2) is 31.6 Å². The number of para-hydroxylation sites is 1. The number of aromatic nitrogens is 4. The topological polar surface area (TPSA) is 81.0 Å². The highest BCUT2D eigenvalue weighted by molar-refractivity contribution is 6.38. The Morgan fingerprint density at radius 1 is 0.964 bits per heavy atom. The molecule has 1 aromatic carbocycles. The van der Waals surface area contributed by atoms with Gasteiger partial charge in [0.1, 0.15) is 5.69 Å². The SMILES string of the molecule is Cc1ccccc1N1C(=O)c2cnc3c(c(-c4cccnc4)nn3C)c2C1=O. The number of rotatable bonds is 2. The Morgan fingerprint density at radius 2 is 1.79 bits per heavy atom. The first-order valence-electron chi connectivity index (χ1n) is 8.78. The number of benzene rings is 1. The molecule has 0 bridgehead atoms. The minimum atomic E-state index is -0.371. The summed E-state index contributed by atoms with van der Waals surface area (Å²) in [5, 5.41) is 5.12. The molecule has 0 unspecified atom stereocenters. The molecule has 0 N–H and O–H groups in total. The summed E-state index contributed by atoms with van der Waals surface area (Å²) < 4.78 is 1.62. The van der Waals surface area contributed by atoms with Gasteiger partial charge in [-0.1, -0.05) is 18.2 Å². The third kappa shape index (κ3) is 2.13. The fourth-order valence-electron chi connectivity index (χ4n) is 3.67. The maximum Gasteiger partial charge on any atom is 0.267 e. The van der Waals surface area contributed by atoms with Gasteiger partial charge in [-0.05, 0) is 30.7 Å². The minimum Gasteiger partial charge on any atom is -0.268 e. The number of anilines is 1. The first-order valence-corrected chi connectivity index (χ1v) is 8.78. The average Bonchev–Trinajstić information content (AvgIpc) is 3.18. The van der Waals surface area contributed by atoms with Gasteiger partial charge in [-0.3, -0.25) is 14.6 Å². The van der Waals surface area contributed by atoms with Crippen molar-refractivity contribution in [3.8, 4) is 11.3 Å². The standard InChI is InChI=1S/C21H15N5O2/c1-12-6-3-4-8-15(12)26-20(27)14-11-23-19-17(16(14)21(26)28)18(24-25(19)2)13-7-5-9-22-10-13/h3-11H,1-2H3. The normalized spacial score (nSPS) is 13.4. The number of aryl methyl sites for hydroxylation is 2. The molecule has 1 aliphatic heterocycles. The fraction of sp³-hybridized carbons (Fsp3) is 0.0952. The van der Waals surface area contributed by atoms with E-state index in [-0.39, 0.29) is 11.8 Å². The van der Waals surface area contributed by atoms with Crippen molar-refractivity contribution in [2.45, 2.75) is 6.92 Å². The second-order valence-electron chi connectivity index (χ2n) is 6.69. The summed E-state index contributed by atoms with van der Waals surface area (Å²) in [4.78, 5) is 36.3. The summed E-state index contributed by atoms with van der Waals surface area (Å²) in [6, 6.07) is 11.0. The van der Waals surface area contributed by atoms with Gasteiger partial charge < -0.3 is 0 Å². The highest BCUT2D eigenvalue weighted by atomic mass is 16.2. The van der Waals surface area contributed by atoms with Gasteiger partial charge in [-0.2, -0.15) is 5.10 Å². The van der Waals surface area contributed by atoms with Gasteiger partial charge in [0.15, 0.2) is 5.65 Å². The Morgan fingerprint density at radius 3 is 2.54 bits per heavy atom. The van der Waals surface area contributed by atoms with Gasteiger partial charge >= 0.3 is 0 Å². The molecule has 0 saturated heterocycles. The maximum absolute atomic E-state index is 13.4. The smallest absolute Gasteiger partial charge is 0.267 e. The van der Waals surface area contributed by atoms with Crippen LogP contribution >= 0.6 is 0 Å². The molecule has 0 fully saturated rings. The average molecular weight is 369 g/mol. The molecular formula is C21H15N5O2. The van der Waals surface area contributed by atoms with E-state index in [0.717, 1.165) is 11.1 Å². The van der Waals surface area contributed by atoms with Crippen molar-refractivity contribution < 1.29 is 9.59 Å². The quantitative estimate of drug-likeness (QED) is 0.507. The molecule has 136 valence electrons. The van der Waals surface area contributed by atoms with Gasteiger partial charge in [0.2, 0.25) is 0 Å². The molecule has 0 spiro atoms. The van der Waals surface area contributed by atoms with E-state index in [0.29, 0.717) is 33.5 Å². The van der Waals surface area contributed by atoms with Crippen LogP contribution in [0.25, 0.3) is 22.3 Å². The predicted molar refractivity (Wildman–Crippen MR) is 104 cm³/mol. The number of carbonyl (C=O) groups excluding carboxylic acids is 2. The van der Waals surface area contributed by atoms with Crippen molar-refractivity contribution in [2.75, 3.05) is 4.90 Å². The number of fused-ring (bicyclic) bond motifs is 3. The molecule has 0 saturated carbocycles. The van der Waals surface area contributed by atoms with Crippen molar-refractivity contribution in [3.63, 3.8) is 0 Å². The Kier molecular flexibility index (Phi) is 3.39. The van der Waals surface area contributed by atoms with Crippen molar-refractivity contribution in [1.82, 2.24) is 19.7 Å². The molecule has 2 amide bonds. The lowest BCUT2D eigenvalue weighted by Crippen LogP contribution is -2.30. The molecule has 0 atom stereocenters. The summed E-state index contributed by atoms with van der Waals surface area (Å²) in [6.45, 7) is 1.87. The van der Waals surface area contributed by atoms with Crippen molar-refractivity contribution in [2.24, 2.45) is 7.05 Å². The fourth-order valence-corrected chi connectivity index (χ4v) is 3.67. The first-order chi connectivity index (χ1) is 13.6. The number of imide groups is 1. The van der Waals surface area contributed by atoms with Crippen LogP contribution in [0.4, 0.5) is 5.69 Å². The first kappa shape index (κ1) is 16.3. The summed E-state index contributed by atoms with van der Waals surface area (Å²) in [5.41, 5.74) is 3.95. The minimum absolute atomic E-state index is 0.291. The van der Waals surface area contributed by atoms with Gasteiger partial charge in [0.25, 0.3) is 11.8 Å². The van der Waals surface area contributed by atoms with Crippen LogP contribution in [0.1, 0.15) is 26.3 Å². The summed E-state index contributed by atoms with van der Waals surface area (Å²) >= 11 is 0. The number of pyridine rings is 2. The van der Waals surface area contributed by atoms with Gasteiger partial charge in [-0.15, -0.1) is 0 Å². The second kappa shape index (κ2) is 5.82. The molecule has 28 heavy (non-hydrogen) atoms. The highest BCUT2D eigenvalue weighted by Crippen LogP contribution is 2.37. The lowest BCUT2D eigenvalue weighted by atomic mass is 10.0. The van der Waals surface area contributed by atoms with Crippen LogP contribution in [0.3, 0.4) is 0 Å². The number of amides is 2. The van der Waals surface area contributed by atoms with Crippen molar-refractivity contribution in [1.29, 1.82) is 0 Å². The van der Waals surface area contributed by atoms with Crippen molar-refractivity contribution in [3.05, 3.63) is 71.7 Å². The van der Waals surface area contributed by atoms with E-state index in [2.05, 4.69) is 15.1 Å². The molecular weight excluding hydrogens is 354 g/mol. The van der Waals surface area contributed by atoms with Crippen LogP contribution in [0, 0.1) is 6.92 Å². The third-order valence-corrected chi connectivity index (χ3v) is 4.99. The van der Waals surface area contributed by atoms with E-state index in [4.69, 9.17) is 0 Å². The number of hydrogen-bond acceptors (Lipinski definition) is 5. The third-order valence-electron chi connectivity index (χ3n) is 4.99. The molecule has 0 aliphatic carbocycles. The number of nitrogens with zero attached hydrogens (tertiary/aromatic N) is 5. The largest absolute Gasteiger partial charge is 0.268 e. The highest BCUT2D eigenvalue weighted by Gasteiger charge is 2.40. The zero-order chi connectivity index (χ0) is 19.4. The van der Waals surface area contributed by atoms with E-state index in [1.807, 2.05) is 31.2 Å². The molecule has 7 nitrogen and oxygen atoms in total. The van der Waals surface area contributed by atoms with Crippen molar-refractivity contribution >= 4 is 28.5 Å². The Balaban J connectivity index is 1.80. The van der Waals surface area contributed by atoms with E-state index in [1.165, 1.54) is 11.1 Å². The van der Waals surface area contributed by atoms with Crippen LogP contribution in [-0.2, 0) is 7.05 Å². The number of carbonyl (C=O) groups is 2. The van der Waals surface area contributed by atoms with Gasteiger partial charge in [0.05, 0.1) is 22.2 Å². The maximum atomic E-state index is 13.4. The van der Waals surface area contributed by atoms with E-state index >= 15 is 0 Å². The van der Waals surface area contributed by atoms with Crippen LogP contribution in [0.5, 0.6) is 0 Å². The summed E-state index contributed by atoms with van der Waals surface area (Å²) in [7, 11) is 1.77. The zero-order valence-corrected chi connectivity index (χ0v) is 15.2. The lowest BCUT2D eigenvalue weighted by molar-refractivity contribution is 0.0926. The van der Waals surface area contributed by atoms with Gasteiger partial charge in [-0.25, -0.2) is 14.6 Å². The molecule has 4 heterocycles. The Labute approximate surface area is 160 Å². The van der Waals surface area contributed by atoms with Crippen LogP contribution < -0.4 is 4.90 Å². The van der Waals surface area contributed by atoms with E-state index in [1.54, 1.807) is 36.3 Å².